The molecule has 1 aliphatic heterocycles. The van der Waals surface area contributed by atoms with Crippen molar-refractivity contribution in [1.82, 2.24) is 5.48 Å². The zero-order valence-electron chi connectivity index (χ0n) is 8.95. The van der Waals surface area contributed by atoms with Crippen LogP contribution in [0.4, 0.5) is 5.69 Å². The third-order valence-corrected chi connectivity index (χ3v) is 3.32. The predicted octanol–water partition coefficient (Wildman–Crippen LogP) is 2.04. The maximum absolute atomic E-state index is 11.7. The van der Waals surface area contributed by atoms with Crippen molar-refractivity contribution in [3.05, 3.63) is 29.8 Å². The Labute approximate surface area is 93.9 Å². The van der Waals surface area contributed by atoms with E-state index in [-0.39, 0.29) is 11.6 Å². The quantitative estimate of drug-likeness (QED) is 0.699. The van der Waals surface area contributed by atoms with Gasteiger partial charge in [-0.2, -0.15) is 0 Å². The summed E-state index contributed by atoms with van der Waals surface area (Å²) in [7, 11) is 0. The topological polar surface area (TPSA) is 50.4 Å². The molecule has 1 fully saturated rings. The van der Waals surface area contributed by atoms with Crippen LogP contribution in [0, 0.1) is 0 Å². The van der Waals surface area contributed by atoms with E-state index in [2.05, 4.69) is 10.8 Å². The number of rotatable bonds is 0. The Hall–Kier alpha value is -1.55. The molecule has 84 valence electrons. The molecule has 1 aromatic rings. The number of nitrogens with one attached hydrogen (secondary N) is 2. The number of hydrogen-bond donors (Lipinski definition) is 2. The fourth-order valence-electron chi connectivity index (χ4n) is 2.46. The van der Waals surface area contributed by atoms with Gasteiger partial charge in [-0.05, 0) is 37.8 Å². The summed E-state index contributed by atoms with van der Waals surface area (Å²) < 4.78 is 0. The number of anilines is 1. The van der Waals surface area contributed by atoms with E-state index >= 15 is 0 Å². The minimum absolute atomic E-state index is 0.262. The predicted molar refractivity (Wildman–Crippen MR) is 59.8 cm³/mol. The molecule has 1 spiro atoms. The lowest BCUT2D eigenvalue weighted by Crippen LogP contribution is -2.48. The SMILES string of the molecule is O=C1ONC2(CCCC2)Nc2ccccc21. The average molecular weight is 218 g/mol. The first-order valence-electron chi connectivity index (χ1n) is 5.65. The summed E-state index contributed by atoms with van der Waals surface area (Å²) >= 11 is 0. The second-order valence-corrected chi connectivity index (χ2v) is 4.45. The number of para-hydroxylation sites is 1. The molecule has 0 atom stereocenters. The van der Waals surface area contributed by atoms with Gasteiger partial charge < -0.3 is 10.2 Å². The van der Waals surface area contributed by atoms with Gasteiger partial charge in [-0.15, -0.1) is 5.48 Å². The molecule has 3 rings (SSSR count). The first-order chi connectivity index (χ1) is 7.79. The van der Waals surface area contributed by atoms with E-state index in [0.29, 0.717) is 5.56 Å². The Morgan fingerprint density at radius 1 is 1.19 bits per heavy atom. The van der Waals surface area contributed by atoms with E-state index < -0.39 is 0 Å². The lowest BCUT2D eigenvalue weighted by Gasteiger charge is -2.28. The van der Waals surface area contributed by atoms with Gasteiger partial charge >= 0.3 is 5.97 Å². The van der Waals surface area contributed by atoms with E-state index in [1.807, 2.05) is 18.2 Å². The van der Waals surface area contributed by atoms with Crippen molar-refractivity contribution in [2.45, 2.75) is 31.3 Å². The van der Waals surface area contributed by atoms with Crippen molar-refractivity contribution in [1.29, 1.82) is 0 Å². The van der Waals surface area contributed by atoms with Crippen molar-refractivity contribution >= 4 is 11.7 Å². The van der Waals surface area contributed by atoms with Crippen LogP contribution in [0.3, 0.4) is 0 Å². The molecule has 2 aliphatic rings. The van der Waals surface area contributed by atoms with Gasteiger partial charge in [0.2, 0.25) is 0 Å². The number of hydroxylamine groups is 1. The van der Waals surface area contributed by atoms with Crippen LogP contribution in [-0.4, -0.2) is 11.6 Å². The van der Waals surface area contributed by atoms with Crippen LogP contribution in [0.1, 0.15) is 36.0 Å². The lowest BCUT2D eigenvalue weighted by molar-refractivity contribution is 0.00366. The summed E-state index contributed by atoms with van der Waals surface area (Å²) in [6, 6.07) is 7.46. The summed E-state index contributed by atoms with van der Waals surface area (Å²) in [6.07, 6.45) is 4.27. The van der Waals surface area contributed by atoms with Crippen LogP contribution in [0.5, 0.6) is 0 Å². The smallest absolute Gasteiger partial charge is 0.359 e. The van der Waals surface area contributed by atoms with Gasteiger partial charge in [0.05, 0.1) is 11.3 Å². The van der Waals surface area contributed by atoms with Gasteiger partial charge in [0, 0.05) is 0 Å². The second-order valence-electron chi connectivity index (χ2n) is 4.45. The largest absolute Gasteiger partial charge is 0.364 e. The zero-order valence-corrected chi connectivity index (χ0v) is 8.95. The summed E-state index contributed by atoms with van der Waals surface area (Å²) in [5.41, 5.74) is 4.09. The molecule has 4 heteroatoms. The monoisotopic (exact) mass is 218 g/mol. The molecule has 0 aromatic heterocycles. The Kier molecular flexibility index (Phi) is 2.11. The van der Waals surface area contributed by atoms with Crippen LogP contribution in [0.2, 0.25) is 0 Å². The van der Waals surface area contributed by atoms with Crippen LogP contribution in [0.15, 0.2) is 24.3 Å². The summed E-state index contributed by atoms with van der Waals surface area (Å²) in [6.45, 7) is 0. The molecule has 0 radical (unpaired) electrons. The maximum atomic E-state index is 11.7. The number of hydrogen-bond acceptors (Lipinski definition) is 4. The van der Waals surface area contributed by atoms with Gasteiger partial charge in [-0.25, -0.2) is 4.79 Å². The first-order valence-corrected chi connectivity index (χ1v) is 5.65. The number of fused-ring (bicyclic) bond motifs is 1. The summed E-state index contributed by atoms with van der Waals surface area (Å²) in [5.74, 6) is -0.313. The van der Waals surface area contributed by atoms with Gasteiger partial charge in [0.15, 0.2) is 0 Å². The molecular weight excluding hydrogens is 204 g/mol. The van der Waals surface area contributed by atoms with Gasteiger partial charge in [-0.3, -0.25) is 0 Å². The molecule has 0 unspecified atom stereocenters. The van der Waals surface area contributed by atoms with E-state index in [0.717, 1.165) is 31.4 Å². The Balaban J connectivity index is 2.01. The molecule has 2 N–H and O–H groups in total. The van der Waals surface area contributed by atoms with E-state index in [1.54, 1.807) is 6.07 Å². The van der Waals surface area contributed by atoms with Crippen LogP contribution in [-0.2, 0) is 4.84 Å². The normalized spacial score (nSPS) is 22.1. The van der Waals surface area contributed by atoms with Crippen molar-refractivity contribution in [3.63, 3.8) is 0 Å². The number of carbonyl (C=O) groups excluding carboxylic acids is 1. The first kappa shape index (κ1) is 9.66. The number of benzene rings is 1. The Morgan fingerprint density at radius 2 is 1.94 bits per heavy atom. The van der Waals surface area contributed by atoms with Crippen LogP contribution < -0.4 is 10.8 Å². The molecule has 0 amide bonds. The zero-order chi connectivity index (χ0) is 11.0. The average Bonchev–Trinajstić information content (AvgIpc) is 2.70. The molecule has 1 saturated carbocycles. The molecular formula is C12H14N2O2. The maximum Gasteiger partial charge on any atom is 0.359 e. The fourth-order valence-corrected chi connectivity index (χ4v) is 2.46. The summed E-state index contributed by atoms with van der Waals surface area (Å²) in [4.78, 5) is 16.8. The Morgan fingerprint density at radius 3 is 2.75 bits per heavy atom. The third-order valence-electron chi connectivity index (χ3n) is 3.32. The standard InChI is InChI=1S/C12H14N2O2/c15-11-9-5-1-2-6-10(9)13-12(14-16-11)7-3-4-8-12/h1-2,5-6,13-14H,3-4,7-8H2. The molecule has 16 heavy (non-hydrogen) atoms. The van der Waals surface area contributed by atoms with E-state index in [9.17, 15) is 4.79 Å². The molecule has 1 heterocycles. The highest BCUT2D eigenvalue weighted by Gasteiger charge is 2.38. The highest BCUT2D eigenvalue weighted by Crippen LogP contribution is 2.34. The van der Waals surface area contributed by atoms with Crippen molar-refractivity contribution in [3.8, 4) is 0 Å². The molecule has 1 aliphatic carbocycles. The second kappa shape index (κ2) is 3.49. The van der Waals surface area contributed by atoms with Crippen LogP contribution in [0.25, 0.3) is 0 Å². The van der Waals surface area contributed by atoms with Crippen LogP contribution >= 0.6 is 0 Å². The summed E-state index contributed by atoms with van der Waals surface area (Å²) in [5, 5.41) is 3.41. The van der Waals surface area contributed by atoms with E-state index in [4.69, 9.17) is 4.84 Å². The highest BCUT2D eigenvalue weighted by atomic mass is 16.7. The van der Waals surface area contributed by atoms with Gasteiger partial charge in [0.1, 0.15) is 5.66 Å². The third kappa shape index (κ3) is 1.46. The van der Waals surface area contributed by atoms with Crippen molar-refractivity contribution < 1.29 is 9.63 Å². The molecule has 1 aromatic carbocycles. The minimum Gasteiger partial charge on any atom is -0.364 e. The molecule has 0 saturated heterocycles. The van der Waals surface area contributed by atoms with Crippen molar-refractivity contribution in [2.75, 3.05) is 5.32 Å². The molecule has 4 nitrogen and oxygen atoms in total. The minimum atomic E-state index is -0.313. The highest BCUT2D eigenvalue weighted by molar-refractivity contribution is 5.96. The van der Waals surface area contributed by atoms with Gasteiger partial charge in [0.25, 0.3) is 0 Å². The van der Waals surface area contributed by atoms with E-state index in [1.165, 1.54) is 0 Å². The van der Waals surface area contributed by atoms with Crippen molar-refractivity contribution in [2.24, 2.45) is 0 Å². The lowest BCUT2D eigenvalue weighted by atomic mass is 10.1. The number of carbonyl (C=O) groups is 1. The fraction of sp³-hybridized carbons (Fsp3) is 0.417. The van der Waals surface area contributed by atoms with Gasteiger partial charge in [-0.1, -0.05) is 12.1 Å². The molecule has 0 bridgehead atoms. The Bertz CT molecular complexity index is 425.